The number of benzene rings is 2. The Bertz CT molecular complexity index is 890. The lowest BCUT2D eigenvalue weighted by Gasteiger charge is -2.15. The third-order valence-electron chi connectivity index (χ3n) is 3.36. The Morgan fingerprint density at radius 1 is 1.32 bits per heavy atom. The van der Waals surface area contributed by atoms with Gasteiger partial charge in [-0.05, 0) is 55.8 Å². The SMILES string of the molecule is COc1cc(/C=N\NC(=O)COc2ccc(C#N)cc2)cc(Cl)c1OC(C)C. The van der Waals surface area contributed by atoms with Gasteiger partial charge < -0.3 is 14.2 Å². The van der Waals surface area contributed by atoms with E-state index in [-0.39, 0.29) is 12.7 Å². The van der Waals surface area contributed by atoms with E-state index < -0.39 is 5.91 Å². The summed E-state index contributed by atoms with van der Waals surface area (Å²) in [5.41, 5.74) is 3.51. The molecular formula is C20H20ClN3O4. The number of hydrazone groups is 1. The van der Waals surface area contributed by atoms with Crippen molar-refractivity contribution in [2.24, 2.45) is 5.10 Å². The van der Waals surface area contributed by atoms with Gasteiger partial charge in [-0.2, -0.15) is 10.4 Å². The maximum Gasteiger partial charge on any atom is 0.277 e. The molecule has 0 spiro atoms. The van der Waals surface area contributed by atoms with Gasteiger partial charge in [0.25, 0.3) is 5.91 Å². The van der Waals surface area contributed by atoms with Gasteiger partial charge in [0.1, 0.15) is 5.75 Å². The van der Waals surface area contributed by atoms with E-state index in [2.05, 4.69) is 10.5 Å². The number of amides is 1. The minimum absolute atomic E-state index is 0.0543. The van der Waals surface area contributed by atoms with Gasteiger partial charge in [0, 0.05) is 0 Å². The lowest BCUT2D eigenvalue weighted by molar-refractivity contribution is -0.123. The van der Waals surface area contributed by atoms with Gasteiger partial charge >= 0.3 is 0 Å². The monoisotopic (exact) mass is 401 g/mol. The van der Waals surface area contributed by atoms with E-state index in [0.717, 1.165) is 0 Å². The van der Waals surface area contributed by atoms with Crippen molar-refractivity contribution in [1.82, 2.24) is 5.43 Å². The van der Waals surface area contributed by atoms with Gasteiger partial charge in [-0.3, -0.25) is 4.79 Å². The minimum atomic E-state index is -0.432. The molecule has 0 unspecified atom stereocenters. The van der Waals surface area contributed by atoms with Crippen LogP contribution >= 0.6 is 11.6 Å². The van der Waals surface area contributed by atoms with Gasteiger partial charge in [0.15, 0.2) is 18.1 Å². The van der Waals surface area contributed by atoms with Crippen molar-refractivity contribution in [1.29, 1.82) is 5.26 Å². The molecule has 8 heteroatoms. The van der Waals surface area contributed by atoms with Crippen LogP contribution in [0, 0.1) is 11.3 Å². The lowest BCUT2D eigenvalue weighted by atomic mass is 10.2. The van der Waals surface area contributed by atoms with Crippen molar-refractivity contribution < 1.29 is 19.0 Å². The zero-order valence-corrected chi connectivity index (χ0v) is 16.5. The zero-order chi connectivity index (χ0) is 20.5. The zero-order valence-electron chi connectivity index (χ0n) is 15.7. The molecule has 0 saturated carbocycles. The Morgan fingerprint density at radius 3 is 2.64 bits per heavy atom. The van der Waals surface area contributed by atoms with Crippen LogP contribution in [0.3, 0.4) is 0 Å². The molecule has 146 valence electrons. The molecule has 0 atom stereocenters. The van der Waals surface area contributed by atoms with Crippen molar-refractivity contribution in [3.63, 3.8) is 0 Å². The molecule has 2 aromatic rings. The molecule has 0 aliphatic heterocycles. The summed E-state index contributed by atoms with van der Waals surface area (Å²) in [5, 5.41) is 13.0. The summed E-state index contributed by atoms with van der Waals surface area (Å²) in [6, 6.07) is 11.8. The van der Waals surface area contributed by atoms with Crippen LogP contribution in [0.2, 0.25) is 5.02 Å². The number of nitrogens with one attached hydrogen (secondary N) is 1. The molecule has 0 radical (unpaired) electrons. The highest BCUT2D eigenvalue weighted by atomic mass is 35.5. The van der Waals surface area contributed by atoms with Crippen LogP contribution < -0.4 is 19.6 Å². The van der Waals surface area contributed by atoms with Crippen LogP contribution in [0.4, 0.5) is 0 Å². The minimum Gasteiger partial charge on any atom is -0.493 e. The number of carbonyl (C=O) groups is 1. The molecular weight excluding hydrogens is 382 g/mol. The number of ether oxygens (including phenoxy) is 3. The molecule has 1 N–H and O–H groups in total. The summed E-state index contributed by atoms with van der Waals surface area (Å²) >= 11 is 6.24. The fraction of sp³-hybridized carbons (Fsp3) is 0.250. The van der Waals surface area contributed by atoms with E-state index in [1.165, 1.54) is 13.3 Å². The maximum absolute atomic E-state index is 11.8. The molecule has 7 nitrogen and oxygen atoms in total. The molecule has 0 aliphatic rings. The van der Waals surface area contributed by atoms with E-state index in [9.17, 15) is 4.79 Å². The number of carbonyl (C=O) groups excluding carboxylic acids is 1. The van der Waals surface area contributed by atoms with Crippen LogP contribution in [-0.2, 0) is 4.79 Å². The van der Waals surface area contributed by atoms with Crippen LogP contribution in [0.15, 0.2) is 41.5 Å². The van der Waals surface area contributed by atoms with Gasteiger partial charge in [-0.1, -0.05) is 11.6 Å². The second-order valence-corrected chi connectivity index (χ2v) is 6.33. The summed E-state index contributed by atoms with van der Waals surface area (Å²) in [6.45, 7) is 3.57. The quantitative estimate of drug-likeness (QED) is 0.539. The summed E-state index contributed by atoms with van der Waals surface area (Å²) in [4.78, 5) is 11.8. The number of nitriles is 1. The Balaban J connectivity index is 1.93. The average molecular weight is 402 g/mol. The van der Waals surface area contributed by atoms with Crippen molar-refractivity contribution in [2.45, 2.75) is 20.0 Å². The normalized spacial score (nSPS) is 10.6. The molecule has 0 heterocycles. The Hall–Kier alpha value is -3.24. The first-order valence-electron chi connectivity index (χ1n) is 8.42. The molecule has 2 aromatic carbocycles. The smallest absolute Gasteiger partial charge is 0.277 e. The first-order chi connectivity index (χ1) is 13.4. The molecule has 2 rings (SSSR count). The maximum atomic E-state index is 11.8. The topological polar surface area (TPSA) is 92.9 Å². The lowest BCUT2D eigenvalue weighted by Crippen LogP contribution is -2.24. The largest absolute Gasteiger partial charge is 0.493 e. The first kappa shape index (κ1) is 21.1. The summed E-state index contributed by atoms with van der Waals surface area (Å²) in [5.74, 6) is 0.975. The van der Waals surface area contributed by atoms with Crippen molar-refractivity contribution in [3.8, 4) is 23.3 Å². The Morgan fingerprint density at radius 2 is 2.04 bits per heavy atom. The standard InChI is InChI=1S/C20H20ClN3O4/c1-13(2)28-20-17(21)8-15(9-18(20)26-3)11-23-24-19(25)12-27-16-6-4-14(10-22)5-7-16/h4-9,11,13H,12H2,1-3H3,(H,24,25)/b23-11-. The number of hydrogen-bond acceptors (Lipinski definition) is 6. The number of rotatable bonds is 8. The number of halogens is 1. The predicted octanol–water partition coefficient (Wildman–Crippen LogP) is 3.54. The molecule has 0 aliphatic carbocycles. The molecule has 1 amide bonds. The van der Waals surface area contributed by atoms with E-state index in [1.54, 1.807) is 36.4 Å². The molecule has 0 fully saturated rings. The van der Waals surface area contributed by atoms with Crippen molar-refractivity contribution in [2.75, 3.05) is 13.7 Å². The fourth-order valence-electron chi connectivity index (χ4n) is 2.15. The van der Waals surface area contributed by atoms with Gasteiger partial charge in [0.05, 0.1) is 36.1 Å². The Kier molecular flexibility index (Phi) is 7.66. The van der Waals surface area contributed by atoms with Crippen LogP contribution in [0.5, 0.6) is 17.2 Å². The highest BCUT2D eigenvalue weighted by Crippen LogP contribution is 2.36. The van der Waals surface area contributed by atoms with Crippen LogP contribution in [0.25, 0.3) is 0 Å². The van der Waals surface area contributed by atoms with E-state index >= 15 is 0 Å². The predicted molar refractivity (Wildman–Crippen MR) is 106 cm³/mol. The third kappa shape index (κ3) is 6.18. The average Bonchev–Trinajstić information content (AvgIpc) is 2.68. The second kappa shape index (κ2) is 10.2. The van der Waals surface area contributed by atoms with Crippen molar-refractivity contribution in [3.05, 3.63) is 52.5 Å². The van der Waals surface area contributed by atoms with E-state index in [1.807, 2.05) is 19.9 Å². The number of methoxy groups -OCH3 is 1. The first-order valence-corrected chi connectivity index (χ1v) is 8.79. The Labute approximate surface area is 168 Å². The molecule has 0 aromatic heterocycles. The fourth-order valence-corrected chi connectivity index (χ4v) is 2.41. The number of hydrogen-bond donors (Lipinski definition) is 1. The van der Waals surface area contributed by atoms with E-state index in [4.69, 9.17) is 31.1 Å². The van der Waals surface area contributed by atoms with Crippen LogP contribution in [-0.4, -0.2) is 31.9 Å². The summed E-state index contributed by atoms with van der Waals surface area (Å²) in [7, 11) is 1.52. The molecule has 0 saturated heterocycles. The number of nitrogens with zero attached hydrogens (tertiary/aromatic N) is 2. The summed E-state index contributed by atoms with van der Waals surface area (Å²) in [6.07, 6.45) is 1.38. The summed E-state index contributed by atoms with van der Waals surface area (Å²) < 4.78 is 16.3. The second-order valence-electron chi connectivity index (χ2n) is 5.92. The van der Waals surface area contributed by atoms with Crippen molar-refractivity contribution >= 4 is 23.7 Å². The molecule has 0 bridgehead atoms. The highest BCUT2D eigenvalue weighted by molar-refractivity contribution is 6.32. The van der Waals surface area contributed by atoms with Gasteiger partial charge in [-0.15, -0.1) is 0 Å². The third-order valence-corrected chi connectivity index (χ3v) is 3.64. The van der Waals surface area contributed by atoms with E-state index in [0.29, 0.717) is 33.4 Å². The van der Waals surface area contributed by atoms with Gasteiger partial charge in [-0.25, -0.2) is 5.43 Å². The van der Waals surface area contributed by atoms with Crippen LogP contribution in [0.1, 0.15) is 25.0 Å². The van der Waals surface area contributed by atoms with Gasteiger partial charge in [0.2, 0.25) is 0 Å². The highest BCUT2D eigenvalue weighted by Gasteiger charge is 2.13. The molecule has 28 heavy (non-hydrogen) atoms.